The maximum Gasteiger partial charge on any atom is 0.221 e. The third-order valence-electron chi connectivity index (χ3n) is 8.43. The zero-order valence-electron chi connectivity index (χ0n) is 21.8. The molecule has 6 rings (SSSR count). The second-order valence-corrected chi connectivity index (χ2v) is 16.9. The van der Waals surface area contributed by atoms with Crippen molar-refractivity contribution in [2.45, 2.75) is 57.3 Å². The normalized spacial score (nSPS) is 19.8. The van der Waals surface area contributed by atoms with Crippen LogP contribution >= 0.6 is 0 Å². The van der Waals surface area contributed by atoms with Gasteiger partial charge in [-0.1, -0.05) is 63.5 Å². The Kier molecular flexibility index (Phi) is 4.90. The number of benzene rings is 2. The average Bonchev–Trinajstić information content (AvgIpc) is 2.83. The van der Waals surface area contributed by atoms with E-state index in [4.69, 9.17) is 9.72 Å². The first kappa shape index (κ1) is 22.6. The molecular weight excluding hydrogens is 444 g/mol. The van der Waals surface area contributed by atoms with E-state index in [1.807, 2.05) is 6.20 Å². The van der Waals surface area contributed by atoms with Gasteiger partial charge in [0.15, 0.2) is 12.2 Å². The Bertz CT molecular complexity index is 1530. The molecule has 35 heavy (non-hydrogen) atoms. The van der Waals surface area contributed by atoms with Crippen molar-refractivity contribution in [1.29, 1.82) is 0 Å². The lowest BCUT2D eigenvalue weighted by atomic mass is 9.64. The topological polar surface area (TPSA) is 26.0 Å². The summed E-state index contributed by atoms with van der Waals surface area (Å²) in [4.78, 5) is 4.85. The zero-order valence-corrected chi connectivity index (χ0v) is 22.8. The quantitative estimate of drug-likeness (QED) is 0.188. The molecule has 0 radical (unpaired) electrons. The highest BCUT2D eigenvalue weighted by molar-refractivity contribution is 6.88. The van der Waals surface area contributed by atoms with Crippen molar-refractivity contribution in [2.75, 3.05) is 13.7 Å². The van der Waals surface area contributed by atoms with Gasteiger partial charge >= 0.3 is 0 Å². The van der Waals surface area contributed by atoms with Gasteiger partial charge in [-0.3, -0.25) is 4.98 Å². The van der Waals surface area contributed by atoms with Crippen molar-refractivity contribution in [2.24, 2.45) is 0 Å². The Morgan fingerprint density at radius 1 is 1.17 bits per heavy atom. The van der Waals surface area contributed by atoms with Crippen molar-refractivity contribution < 1.29 is 9.30 Å². The molecule has 1 aliphatic heterocycles. The lowest BCUT2D eigenvalue weighted by Gasteiger charge is -2.40. The van der Waals surface area contributed by atoms with Crippen LogP contribution in [0.4, 0.5) is 0 Å². The van der Waals surface area contributed by atoms with Crippen LogP contribution in [0.25, 0.3) is 32.9 Å². The van der Waals surface area contributed by atoms with Crippen LogP contribution in [0.5, 0.6) is 0 Å². The number of fused-ring (bicyclic) bond motifs is 2. The lowest BCUT2D eigenvalue weighted by molar-refractivity contribution is -0.706. The van der Waals surface area contributed by atoms with E-state index < -0.39 is 8.07 Å². The molecule has 3 nitrogen and oxygen atoms in total. The van der Waals surface area contributed by atoms with Gasteiger partial charge in [-0.05, 0) is 46.7 Å². The molecule has 0 saturated heterocycles. The van der Waals surface area contributed by atoms with Crippen LogP contribution < -0.4 is 9.75 Å². The van der Waals surface area contributed by atoms with Crippen molar-refractivity contribution in [3.05, 3.63) is 78.1 Å². The Balaban J connectivity index is 1.83. The van der Waals surface area contributed by atoms with Crippen LogP contribution in [0.2, 0.25) is 19.6 Å². The largest absolute Gasteiger partial charge is 0.385 e. The molecule has 178 valence electrons. The minimum atomic E-state index is -1.51. The Morgan fingerprint density at radius 3 is 2.69 bits per heavy atom. The summed E-state index contributed by atoms with van der Waals surface area (Å²) in [5.74, 6) is 0.293. The van der Waals surface area contributed by atoms with Gasteiger partial charge in [0.25, 0.3) is 0 Å². The molecule has 3 heterocycles. The van der Waals surface area contributed by atoms with Crippen LogP contribution in [0.15, 0.2) is 61.4 Å². The number of ether oxygens (including phenoxy) is 1. The standard InChI is InChI=1S/C31H35N2OSi/c1-8-26-21(12-15-34-4)23-18-25-22(10-9-13-32-25)29-28(23)30-27-19(11-14-33(26)30)16-20(35(5,6)7)17-24(27)31(29,2)3/h8-11,13-14,16-18,21,26H,1,12,15H2,2-7H3/q+1. The van der Waals surface area contributed by atoms with Gasteiger partial charge in [0.05, 0.1) is 30.5 Å². The average molecular weight is 480 g/mol. The summed E-state index contributed by atoms with van der Waals surface area (Å²) in [5, 5.41) is 5.56. The monoisotopic (exact) mass is 479 g/mol. The SMILES string of the molecule is C=CC1C(CCOC)c2cc3ncccc3c3c2-c2c4c(cc([Si](C)(C)C)cc4cc[n+]21)C3(C)C. The first-order chi connectivity index (χ1) is 16.7. The van der Waals surface area contributed by atoms with Gasteiger partial charge in [-0.15, -0.1) is 0 Å². The van der Waals surface area contributed by atoms with E-state index >= 15 is 0 Å². The number of pyridine rings is 2. The molecule has 2 atom stereocenters. The number of allylic oxidation sites excluding steroid dienone is 1. The fourth-order valence-corrected chi connectivity index (χ4v) is 7.82. The maximum atomic E-state index is 5.57. The van der Waals surface area contributed by atoms with E-state index in [0.717, 1.165) is 18.5 Å². The van der Waals surface area contributed by atoms with Gasteiger partial charge in [0.1, 0.15) is 0 Å². The molecule has 0 N–H and O–H groups in total. The van der Waals surface area contributed by atoms with E-state index in [9.17, 15) is 0 Å². The number of rotatable bonds is 5. The molecule has 0 saturated carbocycles. The fourth-order valence-electron chi connectivity index (χ4n) is 6.65. The Labute approximate surface area is 209 Å². The molecule has 0 spiro atoms. The second-order valence-electron chi connectivity index (χ2n) is 11.8. The highest BCUT2D eigenvalue weighted by atomic mass is 28.3. The van der Waals surface area contributed by atoms with Gasteiger partial charge in [-0.2, -0.15) is 4.57 Å². The number of hydrogen-bond donors (Lipinski definition) is 0. The number of hydrogen-bond acceptors (Lipinski definition) is 2. The predicted molar refractivity (Wildman–Crippen MR) is 148 cm³/mol. The van der Waals surface area contributed by atoms with Crippen LogP contribution in [0.3, 0.4) is 0 Å². The van der Waals surface area contributed by atoms with E-state index in [1.165, 1.54) is 49.3 Å². The first-order valence-electron chi connectivity index (χ1n) is 12.7. The van der Waals surface area contributed by atoms with Crippen LogP contribution in [0.1, 0.15) is 48.9 Å². The minimum Gasteiger partial charge on any atom is -0.385 e. The van der Waals surface area contributed by atoms with Crippen molar-refractivity contribution in [3.8, 4) is 11.3 Å². The van der Waals surface area contributed by atoms with Gasteiger partial charge < -0.3 is 4.74 Å². The highest BCUT2D eigenvalue weighted by Crippen LogP contribution is 2.55. The maximum absolute atomic E-state index is 5.57. The van der Waals surface area contributed by atoms with E-state index in [0.29, 0.717) is 5.92 Å². The molecule has 0 amide bonds. The molecule has 1 aliphatic carbocycles. The van der Waals surface area contributed by atoms with E-state index in [2.05, 4.69) is 93.3 Å². The van der Waals surface area contributed by atoms with Crippen LogP contribution in [0, 0.1) is 0 Å². The Hall–Kier alpha value is -2.82. The molecule has 2 aromatic carbocycles. The second kappa shape index (κ2) is 7.59. The molecular formula is C31H35N2OSi+. The summed E-state index contributed by atoms with van der Waals surface area (Å²) in [6.07, 6.45) is 7.31. The van der Waals surface area contributed by atoms with Crippen molar-refractivity contribution in [1.82, 2.24) is 4.98 Å². The van der Waals surface area contributed by atoms with Gasteiger partial charge in [0, 0.05) is 36.8 Å². The molecule has 2 aromatic heterocycles. The number of nitrogens with zero attached hydrogens (tertiary/aromatic N) is 2. The van der Waals surface area contributed by atoms with Gasteiger partial charge in [-0.25, -0.2) is 0 Å². The van der Waals surface area contributed by atoms with Crippen molar-refractivity contribution >= 4 is 34.9 Å². The van der Waals surface area contributed by atoms with Crippen LogP contribution in [-0.4, -0.2) is 26.8 Å². The number of aromatic nitrogens is 2. The zero-order chi connectivity index (χ0) is 24.7. The van der Waals surface area contributed by atoms with Crippen LogP contribution in [-0.2, 0) is 10.2 Å². The first-order valence-corrected chi connectivity index (χ1v) is 16.2. The summed E-state index contributed by atoms with van der Waals surface area (Å²) in [6.45, 7) is 17.2. The number of methoxy groups -OCH3 is 1. The van der Waals surface area contributed by atoms with E-state index in [-0.39, 0.29) is 11.5 Å². The smallest absolute Gasteiger partial charge is 0.221 e. The third-order valence-corrected chi connectivity index (χ3v) is 10.4. The third kappa shape index (κ3) is 3.06. The molecule has 2 unspecified atom stereocenters. The van der Waals surface area contributed by atoms with Gasteiger partial charge in [0.2, 0.25) is 5.69 Å². The minimum absolute atomic E-state index is 0.139. The lowest BCUT2D eigenvalue weighted by Crippen LogP contribution is -2.49. The molecule has 2 aliphatic rings. The summed E-state index contributed by atoms with van der Waals surface area (Å²) in [7, 11) is 0.290. The Morgan fingerprint density at radius 2 is 1.97 bits per heavy atom. The molecule has 4 aromatic rings. The predicted octanol–water partition coefficient (Wildman–Crippen LogP) is 6.39. The van der Waals surface area contributed by atoms with Crippen molar-refractivity contribution in [3.63, 3.8) is 0 Å². The summed E-state index contributed by atoms with van der Waals surface area (Å²) in [6, 6.07) is 14.2. The fraction of sp³-hybridized carbons (Fsp3) is 0.355. The summed E-state index contributed by atoms with van der Waals surface area (Å²) in [5.41, 5.74) is 7.98. The molecule has 0 fully saturated rings. The summed E-state index contributed by atoms with van der Waals surface area (Å²) >= 11 is 0. The highest BCUT2D eigenvalue weighted by Gasteiger charge is 2.48. The molecule has 0 bridgehead atoms. The van der Waals surface area contributed by atoms with E-state index in [1.54, 1.807) is 7.11 Å². The molecule has 4 heteroatoms. The summed E-state index contributed by atoms with van der Waals surface area (Å²) < 4.78 is 8.07.